The smallest absolute Gasteiger partial charge is 0.285 e. The Hall–Kier alpha value is -3.04. The Morgan fingerprint density at radius 2 is 1.76 bits per heavy atom. The predicted molar refractivity (Wildman–Crippen MR) is 120 cm³/mol. The Bertz CT molecular complexity index is 1050. The lowest BCUT2D eigenvalue weighted by Gasteiger charge is -2.15. The molecule has 3 aromatic rings. The van der Waals surface area contributed by atoms with Crippen LogP contribution in [0.4, 0.5) is 11.4 Å². The van der Waals surface area contributed by atoms with E-state index in [0.717, 1.165) is 15.7 Å². The molecule has 150 valence electrons. The van der Waals surface area contributed by atoms with Crippen LogP contribution >= 0.6 is 28.1 Å². The lowest BCUT2D eigenvalue weighted by Crippen LogP contribution is -2.19. The molecule has 4 N–H and O–H groups in total. The standard InChI is InChI=1S/C20H18BrN3O4S/c1-26-16-10-17(27-2)15(9-14(16)21)24-20(29)23-12-5-3-11(4-6-12)13-7-8-28-18(13)19(22)25/h3-10H,1-2H3,(H2,22,25)(H2,23,24,29). The molecule has 1 heterocycles. The highest BCUT2D eigenvalue weighted by Gasteiger charge is 2.14. The van der Waals surface area contributed by atoms with E-state index in [2.05, 4.69) is 26.6 Å². The third kappa shape index (κ3) is 4.69. The van der Waals surface area contributed by atoms with Crippen LogP contribution in [-0.2, 0) is 0 Å². The zero-order chi connectivity index (χ0) is 21.0. The van der Waals surface area contributed by atoms with Gasteiger partial charge in [-0.05, 0) is 58.0 Å². The molecule has 1 amide bonds. The molecule has 0 bridgehead atoms. The third-order valence-electron chi connectivity index (χ3n) is 4.06. The zero-order valence-corrected chi connectivity index (χ0v) is 18.0. The molecule has 0 atom stereocenters. The van der Waals surface area contributed by atoms with Gasteiger partial charge in [-0.15, -0.1) is 0 Å². The summed E-state index contributed by atoms with van der Waals surface area (Å²) < 4.78 is 16.6. The normalized spacial score (nSPS) is 10.3. The Labute approximate surface area is 181 Å². The highest BCUT2D eigenvalue weighted by molar-refractivity contribution is 9.10. The number of benzene rings is 2. The van der Waals surface area contributed by atoms with E-state index in [1.807, 2.05) is 30.3 Å². The van der Waals surface area contributed by atoms with Gasteiger partial charge in [0.25, 0.3) is 5.91 Å². The van der Waals surface area contributed by atoms with Gasteiger partial charge in [0.05, 0.1) is 30.6 Å². The van der Waals surface area contributed by atoms with E-state index in [1.165, 1.54) is 6.26 Å². The molecule has 0 radical (unpaired) electrons. The van der Waals surface area contributed by atoms with Crippen molar-refractivity contribution < 1.29 is 18.7 Å². The fourth-order valence-electron chi connectivity index (χ4n) is 2.70. The van der Waals surface area contributed by atoms with Crippen LogP contribution in [0.15, 0.2) is 57.6 Å². The number of furan rings is 1. The van der Waals surface area contributed by atoms with Gasteiger partial charge in [-0.3, -0.25) is 4.79 Å². The van der Waals surface area contributed by atoms with Gasteiger partial charge in [-0.1, -0.05) is 12.1 Å². The quantitative estimate of drug-likeness (QED) is 0.446. The van der Waals surface area contributed by atoms with Crippen LogP contribution in [0.3, 0.4) is 0 Å². The second-order valence-corrected chi connectivity index (χ2v) is 7.13. The predicted octanol–water partition coefficient (Wildman–Crippen LogP) is 4.63. The van der Waals surface area contributed by atoms with Crippen molar-refractivity contribution in [2.45, 2.75) is 0 Å². The van der Waals surface area contributed by atoms with Crippen LogP contribution in [0, 0.1) is 0 Å². The molecule has 9 heteroatoms. The molecule has 29 heavy (non-hydrogen) atoms. The number of carbonyl (C=O) groups is 1. The van der Waals surface area contributed by atoms with E-state index in [0.29, 0.717) is 27.9 Å². The summed E-state index contributed by atoms with van der Waals surface area (Å²) in [4.78, 5) is 11.4. The number of thiocarbonyl (C=S) groups is 1. The molecule has 0 spiro atoms. The molecule has 0 aliphatic rings. The van der Waals surface area contributed by atoms with Gasteiger partial charge in [0, 0.05) is 17.3 Å². The fraction of sp³-hybridized carbons (Fsp3) is 0.100. The Balaban J connectivity index is 1.72. The number of rotatable bonds is 6. The summed E-state index contributed by atoms with van der Waals surface area (Å²) in [6.45, 7) is 0. The van der Waals surface area contributed by atoms with Crippen molar-refractivity contribution in [1.29, 1.82) is 0 Å². The van der Waals surface area contributed by atoms with Gasteiger partial charge in [-0.25, -0.2) is 0 Å². The number of nitrogens with two attached hydrogens (primary N) is 1. The minimum absolute atomic E-state index is 0.125. The minimum atomic E-state index is -0.614. The molecule has 7 nitrogen and oxygen atoms in total. The molecule has 1 aromatic heterocycles. The first-order valence-corrected chi connectivity index (χ1v) is 9.60. The maximum Gasteiger partial charge on any atom is 0.285 e. The van der Waals surface area contributed by atoms with E-state index in [-0.39, 0.29) is 5.76 Å². The van der Waals surface area contributed by atoms with E-state index in [4.69, 9.17) is 31.8 Å². The summed E-state index contributed by atoms with van der Waals surface area (Å²) in [5, 5.41) is 6.59. The Morgan fingerprint density at radius 1 is 1.07 bits per heavy atom. The van der Waals surface area contributed by atoms with Gasteiger partial charge in [0.15, 0.2) is 10.9 Å². The number of carbonyl (C=O) groups excluding carboxylic acids is 1. The second kappa shape index (κ2) is 8.97. The maximum atomic E-state index is 11.4. The SMILES string of the molecule is COc1cc(OC)c(NC(=S)Nc2ccc(-c3ccoc3C(N)=O)cc2)cc1Br. The first-order valence-electron chi connectivity index (χ1n) is 8.40. The maximum absolute atomic E-state index is 11.4. The number of nitrogens with one attached hydrogen (secondary N) is 2. The summed E-state index contributed by atoms with van der Waals surface area (Å²) in [5.74, 6) is 0.747. The van der Waals surface area contributed by atoms with Crippen LogP contribution in [0.5, 0.6) is 11.5 Å². The minimum Gasteiger partial charge on any atom is -0.495 e. The van der Waals surface area contributed by atoms with E-state index in [9.17, 15) is 4.79 Å². The molecule has 0 fully saturated rings. The summed E-state index contributed by atoms with van der Waals surface area (Å²) in [6.07, 6.45) is 1.43. The van der Waals surface area contributed by atoms with Crippen molar-refractivity contribution in [2.75, 3.05) is 24.9 Å². The monoisotopic (exact) mass is 475 g/mol. The molecular formula is C20H18BrN3O4S. The number of hydrogen-bond acceptors (Lipinski definition) is 5. The molecule has 0 aliphatic carbocycles. The molecule has 0 saturated carbocycles. The summed E-state index contributed by atoms with van der Waals surface area (Å²) >= 11 is 8.84. The number of primary amides is 1. The van der Waals surface area contributed by atoms with Gasteiger partial charge in [0.1, 0.15) is 11.5 Å². The van der Waals surface area contributed by atoms with Crippen LogP contribution in [0.25, 0.3) is 11.1 Å². The van der Waals surface area contributed by atoms with Crippen molar-refractivity contribution in [3.63, 3.8) is 0 Å². The van der Waals surface area contributed by atoms with Gasteiger partial charge in [0.2, 0.25) is 0 Å². The lowest BCUT2D eigenvalue weighted by molar-refractivity contribution is 0.0975. The van der Waals surface area contributed by atoms with Gasteiger partial charge in [-0.2, -0.15) is 0 Å². The zero-order valence-electron chi connectivity index (χ0n) is 15.6. The molecule has 3 rings (SSSR count). The number of hydrogen-bond donors (Lipinski definition) is 3. The van der Waals surface area contributed by atoms with Gasteiger partial charge >= 0.3 is 0 Å². The molecule has 0 unspecified atom stereocenters. The lowest BCUT2D eigenvalue weighted by atomic mass is 10.1. The average Bonchev–Trinajstić information content (AvgIpc) is 3.19. The average molecular weight is 476 g/mol. The van der Waals surface area contributed by atoms with Crippen molar-refractivity contribution in [3.8, 4) is 22.6 Å². The van der Waals surface area contributed by atoms with Crippen molar-refractivity contribution in [1.82, 2.24) is 0 Å². The van der Waals surface area contributed by atoms with Crippen molar-refractivity contribution >= 4 is 50.5 Å². The van der Waals surface area contributed by atoms with E-state index in [1.54, 1.807) is 26.4 Å². The van der Waals surface area contributed by atoms with Crippen LogP contribution in [-0.4, -0.2) is 25.2 Å². The first kappa shape index (κ1) is 20.7. The summed E-state index contributed by atoms with van der Waals surface area (Å²) in [7, 11) is 3.15. The van der Waals surface area contributed by atoms with Crippen molar-refractivity contribution in [3.05, 3.63) is 59.0 Å². The van der Waals surface area contributed by atoms with Crippen molar-refractivity contribution in [2.24, 2.45) is 5.73 Å². The molecule has 0 saturated heterocycles. The van der Waals surface area contributed by atoms with Crippen LogP contribution in [0.2, 0.25) is 0 Å². The number of methoxy groups -OCH3 is 2. The Kier molecular flexibility index (Phi) is 6.40. The number of anilines is 2. The molecule has 2 aromatic carbocycles. The largest absolute Gasteiger partial charge is 0.495 e. The topological polar surface area (TPSA) is 98.8 Å². The summed E-state index contributed by atoms with van der Waals surface area (Å²) in [5.41, 5.74) is 8.21. The number of amides is 1. The van der Waals surface area contributed by atoms with E-state index >= 15 is 0 Å². The van der Waals surface area contributed by atoms with Crippen LogP contribution in [0.1, 0.15) is 10.6 Å². The third-order valence-corrected chi connectivity index (χ3v) is 4.89. The number of halogens is 1. The second-order valence-electron chi connectivity index (χ2n) is 5.87. The molecule has 0 aliphatic heterocycles. The highest BCUT2D eigenvalue weighted by Crippen LogP contribution is 2.36. The van der Waals surface area contributed by atoms with E-state index < -0.39 is 5.91 Å². The summed E-state index contributed by atoms with van der Waals surface area (Å²) in [6, 6.07) is 12.6. The fourth-order valence-corrected chi connectivity index (χ4v) is 3.44. The highest BCUT2D eigenvalue weighted by atomic mass is 79.9. The first-order chi connectivity index (χ1) is 13.9. The van der Waals surface area contributed by atoms with Gasteiger partial charge < -0.3 is 30.3 Å². The number of ether oxygens (including phenoxy) is 2. The Morgan fingerprint density at radius 3 is 2.38 bits per heavy atom. The van der Waals surface area contributed by atoms with Crippen LogP contribution < -0.4 is 25.8 Å². The molecular weight excluding hydrogens is 458 g/mol.